The molecule has 1 N–H and O–H groups in total. The molecule has 0 spiro atoms. The van der Waals surface area contributed by atoms with Crippen molar-refractivity contribution in [3.8, 4) is 17.0 Å². The average Bonchev–Trinajstić information content (AvgIpc) is 3.39. The predicted octanol–water partition coefficient (Wildman–Crippen LogP) is 3.75. The highest BCUT2D eigenvalue weighted by Gasteiger charge is 2.23. The summed E-state index contributed by atoms with van der Waals surface area (Å²) >= 11 is 0. The van der Waals surface area contributed by atoms with Gasteiger partial charge in [-0.25, -0.2) is 18.3 Å². The minimum Gasteiger partial charge on any atom is -0.479 e. The lowest BCUT2D eigenvalue weighted by Gasteiger charge is -2.31. The summed E-state index contributed by atoms with van der Waals surface area (Å²) in [5, 5.41) is 7.98. The van der Waals surface area contributed by atoms with Gasteiger partial charge < -0.3 is 19.5 Å². The molecule has 35 heavy (non-hydrogen) atoms. The number of fused-ring (bicyclic) bond motifs is 2. The number of amides is 1. The normalized spacial score (nSPS) is 14.9. The minimum atomic E-state index is -2.47. The van der Waals surface area contributed by atoms with Crippen LogP contribution in [0.1, 0.15) is 25.6 Å². The van der Waals surface area contributed by atoms with Crippen molar-refractivity contribution in [2.45, 2.75) is 45.7 Å². The smallest absolute Gasteiger partial charge is 0.256 e. The van der Waals surface area contributed by atoms with Crippen LogP contribution in [-0.4, -0.2) is 67.6 Å². The number of methoxy groups -OCH3 is 1. The number of benzene rings is 1. The molecule has 0 saturated carbocycles. The number of rotatable bonds is 6. The van der Waals surface area contributed by atoms with Gasteiger partial charge in [0, 0.05) is 37.8 Å². The van der Waals surface area contributed by atoms with Crippen LogP contribution in [0.2, 0.25) is 0 Å². The van der Waals surface area contributed by atoms with E-state index in [2.05, 4.69) is 20.4 Å². The zero-order chi connectivity index (χ0) is 24.7. The number of aryl methyl sites for hydroxylation is 1. The van der Waals surface area contributed by atoms with Crippen molar-refractivity contribution in [3.05, 3.63) is 36.3 Å². The first kappa shape index (κ1) is 23.0. The molecule has 4 aromatic rings. The summed E-state index contributed by atoms with van der Waals surface area (Å²) < 4.78 is 35.1. The van der Waals surface area contributed by atoms with Gasteiger partial charge in [-0.15, -0.1) is 5.10 Å². The largest absolute Gasteiger partial charge is 0.479 e. The molecule has 0 radical (unpaired) electrons. The standard InChI is InChI=1S/C24H27F2N7O2/c1-14-27-19-5-4-16(12-20(19)32(14)13-21(25)26)18-8-11-33-22(18)23(35-3)29-24(30-33)28-17-6-9-31(10-7-17)15(2)34/h4-5,8,11-12,17,21H,6-7,9-10,13H2,1-3H3,(H,28,30). The number of hydrogen-bond acceptors (Lipinski definition) is 6. The van der Waals surface area contributed by atoms with E-state index in [4.69, 9.17) is 4.74 Å². The average molecular weight is 484 g/mol. The molecule has 1 aromatic carbocycles. The molecule has 0 atom stereocenters. The molecule has 184 valence electrons. The molecule has 0 bridgehead atoms. The zero-order valence-corrected chi connectivity index (χ0v) is 19.8. The van der Waals surface area contributed by atoms with Crippen LogP contribution in [0.25, 0.3) is 27.7 Å². The topological polar surface area (TPSA) is 89.6 Å². The second-order valence-corrected chi connectivity index (χ2v) is 8.76. The Kier molecular flexibility index (Phi) is 6.00. The Morgan fingerprint density at radius 3 is 2.69 bits per heavy atom. The van der Waals surface area contributed by atoms with Crippen LogP contribution in [0, 0.1) is 6.92 Å². The summed E-state index contributed by atoms with van der Waals surface area (Å²) in [6, 6.07) is 7.67. The summed E-state index contributed by atoms with van der Waals surface area (Å²) in [6.07, 6.45) is 0.974. The number of likely N-dealkylation sites (tertiary alicyclic amines) is 1. The fourth-order valence-electron chi connectivity index (χ4n) is 4.73. The summed E-state index contributed by atoms with van der Waals surface area (Å²) in [5.41, 5.74) is 3.65. The summed E-state index contributed by atoms with van der Waals surface area (Å²) in [7, 11) is 1.55. The van der Waals surface area contributed by atoms with Gasteiger partial charge in [-0.05, 0) is 43.5 Å². The summed E-state index contributed by atoms with van der Waals surface area (Å²) in [6.45, 7) is 4.30. The van der Waals surface area contributed by atoms with Crippen LogP contribution in [0.3, 0.4) is 0 Å². The Morgan fingerprint density at radius 2 is 2.00 bits per heavy atom. The van der Waals surface area contributed by atoms with Gasteiger partial charge in [0.1, 0.15) is 11.3 Å². The van der Waals surface area contributed by atoms with Crippen molar-refractivity contribution in [1.29, 1.82) is 0 Å². The molecule has 4 heterocycles. The van der Waals surface area contributed by atoms with Gasteiger partial charge in [0.25, 0.3) is 6.43 Å². The summed E-state index contributed by atoms with van der Waals surface area (Å²) in [5.74, 6) is 1.48. The molecule has 3 aromatic heterocycles. The van der Waals surface area contributed by atoms with E-state index in [0.29, 0.717) is 47.3 Å². The van der Waals surface area contributed by atoms with Gasteiger partial charge in [0.2, 0.25) is 17.7 Å². The monoisotopic (exact) mass is 483 g/mol. The molecule has 0 unspecified atom stereocenters. The summed E-state index contributed by atoms with van der Waals surface area (Å²) in [4.78, 5) is 22.4. The lowest BCUT2D eigenvalue weighted by molar-refractivity contribution is -0.129. The van der Waals surface area contributed by atoms with Crippen LogP contribution in [0.15, 0.2) is 30.5 Å². The van der Waals surface area contributed by atoms with Crippen molar-refractivity contribution in [3.63, 3.8) is 0 Å². The fraction of sp³-hybridized carbons (Fsp3) is 0.417. The maximum Gasteiger partial charge on any atom is 0.256 e. The molecule has 1 fully saturated rings. The van der Waals surface area contributed by atoms with E-state index in [1.165, 1.54) is 4.57 Å². The number of nitrogens with zero attached hydrogens (tertiary/aromatic N) is 6. The van der Waals surface area contributed by atoms with Crippen molar-refractivity contribution in [1.82, 2.24) is 29.0 Å². The van der Waals surface area contributed by atoms with E-state index in [1.54, 1.807) is 25.5 Å². The van der Waals surface area contributed by atoms with Gasteiger partial charge in [0.05, 0.1) is 24.7 Å². The third-order valence-electron chi connectivity index (χ3n) is 6.52. The maximum absolute atomic E-state index is 13.1. The number of hydrogen-bond donors (Lipinski definition) is 1. The highest BCUT2D eigenvalue weighted by molar-refractivity contribution is 5.90. The van der Waals surface area contributed by atoms with Gasteiger partial charge >= 0.3 is 0 Å². The Balaban J connectivity index is 1.47. The highest BCUT2D eigenvalue weighted by Crippen LogP contribution is 2.33. The SMILES string of the molecule is COc1nc(NC2CCN(C(C)=O)CC2)nn2ccc(-c3ccc4nc(C)n(CC(F)F)c4c3)c12. The molecule has 1 aliphatic heterocycles. The van der Waals surface area contributed by atoms with Crippen LogP contribution in [0.5, 0.6) is 5.88 Å². The van der Waals surface area contributed by atoms with Crippen LogP contribution in [-0.2, 0) is 11.3 Å². The van der Waals surface area contributed by atoms with E-state index >= 15 is 0 Å². The fourth-order valence-corrected chi connectivity index (χ4v) is 4.73. The van der Waals surface area contributed by atoms with Crippen molar-refractivity contribution < 1.29 is 18.3 Å². The zero-order valence-electron chi connectivity index (χ0n) is 19.8. The number of nitrogens with one attached hydrogen (secondary N) is 1. The third kappa shape index (κ3) is 4.38. The number of carbonyl (C=O) groups excluding carboxylic acids is 1. The Morgan fingerprint density at radius 1 is 1.23 bits per heavy atom. The van der Waals surface area contributed by atoms with Gasteiger partial charge in [0.15, 0.2) is 0 Å². The minimum absolute atomic E-state index is 0.0910. The predicted molar refractivity (Wildman–Crippen MR) is 128 cm³/mol. The number of halogens is 2. The third-order valence-corrected chi connectivity index (χ3v) is 6.52. The van der Waals surface area contributed by atoms with E-state index in [0.717, 1.165) is 24.0 Å². The van der Waals surface area contributed by atoms with Gasteiger partial charge in [-0.2, -0.15) is 4.98 Å². The molecule has 1 saturated heterocycles. The highest BCUT2D eigenvalue weighted by atomic mass is 19.3. The molecule has 5 rings (SSSR count). The van der Waals surface area contributed by atoms with E-state index < -0.39 is 13.0 Å². The molecule has 1 amide bonds. The maximum atomic E-state index is 13.1. The van der Waals surface area contributed by atoms with Crippen LogP contribution < -0.4 is 10.1 Å². The molecule has 1 aliphatic rings. The van der Waals surface area contributed by atoms with E-state index in [9.17, 15) is 13.6 Å². The van der Waals surface area contributed by atoms with Gasteiger partial charge in [-0.3, -0.25) is 4.79 Å². The van der Waals surface area contributed by atoms with Crippen LogP contribution in [0.4, 0.5) is 14.7 Å². The van der Waals surface area contributed by atoms with Gasteiger partial charge in [-0.1, -0.05) is 6.07 Å². The number of aromatic nitrogens is 5. The molecular formula is C24H27F2N7O2. The molecule has 0 aliphatic carbocycles. The number of carbonyl (C=O) groups is 1. The number of imidazole rings is 1. The Labute approximate surface area is 200 Å². The lowest BCUT2D eigenvalue weighted by Crippen LogP contribution is -2.41. The molecular weight excluding hydrogens is 456 g/mol. The number of piperidine rings is 1. The lowest BCUT2D eigenvalue weighted by atomic mass is 10.1. The molecule has 11 heteroatoms. The first-order valence-electron chi connectivity index (χ1n) is 11.5. The quantitative estimate of drug-likeness (QED) is 0.449. The number of anilines is 1. The molecule has 9 nitrogen and oxygen atoms in total. The Bertz CT molecular complexity index is 1390. The van der Waals surface area contributed by atoms with Crippen molar-refractivity contribution >= 4 is 28.4 Å². The van der Waals surface area contributed by atoms with E-state index in [1.807, 2.05) is 35.4 Å². The second kappa shape index (κ2) is 9.12. The van der Waals surface area contributed by atoms with Crippen molar-refractivity contribution in [2.24, 2.45) is 0 Å². The van der Waals surface area contributed by atoms with E-state index in [-0.39, 0.29) is 11.9 Å². The van der Waals surface area contributed by atoms with Crippen LogP contribution >= 0.6 is 0 Å². The van der Waals surface area contributed by atoms with Crippen molar-refractivity contribution in [2.75, 3.05) is 25.5 Å². The number of ether oxygens (including phenoxy) is 1. The first-order valence-corrected chi connectivity index (χ1v) is 11.5. The Hall–Kier alpha value is -3.76. The second-order valence-electron chi connectivity index (χ2n) is 8.76. The first-order chi connectivity index (χ1) is 16.8. The number of alkyl halides is 2.